The Hall–Kier alpha value is -1.51. The molecule has 20 heavy (non-hydrogen) atoms. The van der Waals surface area contributed by atoms with Crippen LogP contribution in [0.25, 0.3) is 0 Å². The molecule has 0 aliphatic rings. The summed E-state index contributed by atoms with van der Waals surface area (Å²) in [4.78, 5) is 0.147. The van der Waals surface area contributed by atoms with Crippen LogP contribution in [0.5, 0.6) is 0 Å². The Balaban J connectivity index is 2.27. The Morgan fingerprint density at radius 2 is 2.15 bits per heavy atom. The molecule has 2 rings (SSSR count). The van der Waals surface area contributed by atoms with E-state index in [4.69, 9.17) is 5.73 Å². The van der Waals surface area contributed by atoms with Gasteiger partial charge in [-0.05, 0) is 36.8 Å². The van der Waals surface area contributed by atoms with Gasteiger partial charge in [-0.15, -0.1) is 0 Å². The SMILES string of the molecule is Cc1c(N)cc(Br)cc1S(=O)(=O)NCc1cccnn1. The summed E-state index contributed by atoms with van der Waals surface area (Å²) in [6, 6.07) is 6.57. The summed E-state index contributed by atoms with van der Waals surface area (Å²) in [6.45, 7) is 1.74. The molecule has 0 amide bonds. The van der Waals surface area contributed by atoms with E-state index in [9.17, 15) is 8.42 Å². The van der Waals surface area contributed by atoms with E-state index in [-0.39, 0.29) is 11.4 Å². The predicted octanol–water partition coefficient (Wildman–Crippen LogP) is 1.61. The smallest absolute Gasteiger partial charge is 0.241 e. The highest BCUT2D eigenvalue weighted by molar-refractivity contribution is 9.10. The average Bonchev–Trinajstić information content (AvgIpc) is 2.42. The van der Waals surface area contributed by atoms with Crippen molar-refractivity contribution >= 4 is 31.6 Å². The lowest BCUT2D eigenvalue weighted by atomic mass is 10.2. The molecule has 8 heteroatoms. The second-order valence-electron chi connectivity index (χ2n) is 4.16. The first-order valence-corrected chi connectivity index (χ1v) is 7.99. The van der Waals surface area contributed by atoms with Crippen molar-refractivity contribution in [1.82, 2.24) is 14.9 Å². The van der Waals surface area contributed by atoms with Gasteiger partial charge in [-0.1, -0.05) is 15.9 Å². The highest BCUT2D eigenvalue weighted by atomic mass is 79.9. The molecule has 6 nitrogen and oxygen atoms in total. The molecule has 0 unspecified atom stereocenters. The summed E-state index contributed by atoms with van der Waals surface area (Å²) in [5, 5.41) is 7.51. The third kappa shape index (κ3) is 3.33. The molecule has 106 valence electrons. The van der Waals surface area contributed by atoms with E-state index in [1.165, 1.54) is 12.3 Å². The molecule has 0 bridgehead atoms. The van der Waals surface area contributed by atoms with Crippen LogP contribution < -0.4 is 10.5 Å². The number of halogens is 1. The second kappa shape index (κ2) is 5.86. The average molecular weight is 357 g/mol. The standard InChI is InChI=1S/C12H13BrN4O2S/c1-8-11(14)5-9(13)6-12(8)20(18,19)16-7-10-3-2-4-15-17-10/h2-6,16H,7,14H2,1H3. The lowest BCUT2D eigenvalue weighted by Crippen LogP contribution is -2.24. The third-order valence-electron chi connectivity index (χ3n) is 2.73. The normalized spacial score (nSPS) is 11.5. The van der Waals surface area contributed by atoms with Crippen LogP contribution in [-0.2, 0) is 16.6 Å². The number of sulfonamides is 1. The van der Waals surface area contributed by atoms with Crippen LogP contribution >= 0.6 is 15.9 Å². The third-order valence-corrected chi connectivity index (χ3v) is 4.71. The molecule has 0 saturated heterocycles. The van der Waals surface area contributed by atoms with Gasteiger partial charge >= 0.3 is 0 Å². The summed E-state index contributed by atoms with van der Waals surface area (Å²) >= 11 is 3.24. The van der Waals surface area contributed by atoms with Gasteiger partial charge < -0.3 is 5.73 Å². The van der Waals surface area contributed by atoms with Gasteiger partial charge in [-0.3, -0.25) is 0 Å². The molecule has 0 spiro atoms. The van der Waals surface area contributed by atoms with E-state index >= 15 is 0 Å². The molecule has 1 aromatic heterocycles. The van der Waals surface area contributed by atoms with Gasteiger partial charge in [0.1, 0.15) is 0 Å². The van der Waals surface area contributed by atoms with Crippen molar-refractivity contribution in [2.24, 2.45) is 0 Å². The van der Waals surface area contributed by atoms with E-state index < -0.39 is 10.0 Å². The first-order chi connectivity index (χ1) is 9.40. The maximum Gasteiger partial charge on any atom is 0.241 e. The molecule has 1 heterocycles. The zero-order valence-corrected chi connectivity index (χ0v) is 13.1. The molecule has 0 aliphatic heterocycles. The first kappa shape index (κ1) is 14.9. The highest BCUT2D eigenvalue weighted by Crippen LogP contribution is 2.26. The molecule has 3 N–H and O–H groups in total. The zero-order valence-electron chi connectivity index (χ0n) is 10.7. The van der Waals surface area contributed by atoms with E-state index in [0.29, 0.717) is 21.4 Å². The minimum Gasteiger partial charge on any atom is -0.398 e. The van der Waals surface area contributed by atoms with E-state index in [1.54, 1.807) is 25.1 Å². The van der Waals surface area contributed by atoms with Crippen LogP contribution in [0.1, 0.15) is 11.3 Å². The quantitative estimate of drug-likeness (QED) is 0.810. The summed E-state index contributed by atoms with van der Waals surface area (Å²) in [5.74, 6) is 0. The summed E-state index contributed by atoms with van der Waals surface area (Å²) < 4.78 is 27.7. The van der Waals surface area contributed by atoms with Crippen LogP contribution in [-0.4, -0.2) is 18.6 Å². The molecule has 0 radical (unpaired) electrons. The maximum absolute atomic E-state index is 12.3. The summed E-state index contributed by atoms with van der Waals surface area (Å²) in [7, 11) is -3.66. The topological polar surface area (TPSA) is 98.0 Å². The summed E-state index contributed by atoms with van der Waals surface area (Å²) in [6.07, 6.45) is 1.52. The van der Waals surface area contributed by atoms with Gasteiger partial charge in [0.15, 0.2) is 0 Å². The van der Waals surface area contributed by atoms with Gasteiger partial charge in [0, 0.05) is 16.4 Å². The Morgan fingerprint density at radius 3 is 2.80 bits per heavy atom. The minimum absolute atomic E-state index is 0.0715. The van der Waals surface area contributed by atoms with Gasteiger partial charge in [0.25, 0.3) is 0 Å². The number of benzene rings is 1. The van der Waals surface area contributed by atoms with Crippen molar-refractivity contribution < 1.29 is 8.42 Å². The Labute approximate surface area is 125 Å². The highest BCUT2D eigenvalue weighted by Gasteiger charge is 2.19. The van der Waals surface area contributed by atoms with Crippen LogP contribution in [0, 0.1) is 6.92 Å². The number of rotatable bonds is 4. The van der Waals surface area contributed by atoms with Crippen molar-refractivity contribution in [1.29, 1.82) is 0 Å². The van der Waals surface area contributed by atoms with Crippen molar-refractivity contribution in [2.45, 2.75) is 18.4 Å². The number of aromatic nitrogens is 2. The number of nitrogen functional groups attached to an aromatic ring is 1. The molecule has 0 saturated carbocycles. The van der Waals surface area contributed by atoms with E-state index in [2.05, 4.69) is 30.8 Å². The molecule has 0 atom stereocenters. The number of anilines is 1. The first-order valence-electron chi connectivity index (χ1n) is 5.72. The number of nitrogens with two attached hydrogens (primary N) is 1. The molecule has 1 aromatic carbocycles. The fourth-order valence-corrected chi connectivity index (χ4v) is 3.55. The molecular weight excluding hydrogens is 344 g/mol. The van der Waals surface area contributed by atoms with Crippen LogP contribution in [0.4, 0.5) is 5.69 Å². The number of hydrogen-bond donors (Lipinski definition) is 2. The van der Waals surface area contributed by atoms with Crippen molar-refractivity contribution in [3.05, 3.63) is 46.2 Å². The lowest BCUT2D eigenvalue weighted by molar-refractivity contribution is 0.579. The van der Waals surface area contributed by atoms with Crippen LogP contribution in [0.15, 0.2) is 39.8 Å². The lowest BCUT2D eigenvalue weighted by Gasteiger charge is -2.11. The van der Waals surface area contributed by atoms with Crippen molar-refractivity contribution in [3.63, 3.8) is 0 Å². The van der Waals surface area contributed by atoms with Crippen molar-refractivity contribution in [3.8, 4) is 0 Å². The van der Waals surface area contributed by atoms with Gasteiger partial charge in [-0.2, -0.15) is 10.2 Å². The maximum atomic E-state index is 12.3. The van der Waals surface area contributed by atoms with Gasteiger partial charge in [-0.25, -0.2) is 13.1 Å². The largest absolute Gasteiger partial charge is 0.398 e. The molecule has 0 fully saturated rings. The Morgan fingerprint density at radius 1 is 1.40 bits per heavy atom. The van der Waals surface area contributed by atoms with E-state index in [1.807, 2.05) is 0 Å². The van der Waals surface area contributed by atoms with Crippen molar-refractivity contribution in [2.75, 3.05) is 5.73 Å². The predicted molar refractivity (Wildman–Crippen MR) is 79.3 cm³/mol. The summed E-state index contributed by atoms with van der Waals surface area (Å²) in [5.41, 5.74) is 7.25. The fraction of sp³-hybridized carbons (Fsp3) is 0.167. The van der Waals surface area contributed by atoms with Crippen LogP contribution in [0.3, 0.4) is 0 Å². The van der Waals surface area contributed by atoms with Gasteiger partial charge in [0.2, 0.25) is 10.0 Å². The number of nitrogens with zero attached hydrogens (tertiary/aromatic N) is 2. The Bertz CT molecular complexity index is 720. The minimum atomic E-state index is -3.66. The monoisotopic (exact) mass is 356 g/mol. The second-order valence-corrected chi connectivity index (χ2v) is 6.81. The zero-order chi connectivity index (χ0) is 14.8. The number of hydrogen-bond acceptors (Lipinski definition) is 5. The fourth-order valence-electron chi connectivity index (χ4n) is 1.63. The number of nitrogens with one attached hydrogen (secondary N) is 1. The Kier molecular flexibility index (Phi) is 4.36. The molecule has 2 aromatic rings. The van der Waals surface area contributed by atoms with Crippen LogP contribution in [0.2, 0.25) is 0 Å². The van der Waals surface area contributed by atoms with E-state index in [0.717, 1.165) is 0 Å². The molecule has 0 aliphatic carbocycles. The van der Waals surface area contributed by atoms with Gasteiger partial charge in [0.05, 0.1) is 17.1 Å². The molecular formula is C12H13BrN4O2S.